The van der Waals surface area contributed by atoms with Crippen molar-refractivity contribution < 1.29 is 17.6 Å². The van der Waals surface area contributed by atoms with Crippen LogP contribution >= 0.6 is 0 Å². The van der Waals surface area contributed by atoms with Crippen LogP contribution < -0.4 is 11.1 Å². The zero-order valence-corrected chi connectivity index (χ0v) is 18.1. The van der Waals surface area contributed by atoms with Gasteiger partial charge in [-0.3, -0.25) is 4.79 Å². The highest BCUT2D eigenvalue weighted by atomic mass is 32.2. The average molecular weight is 436 g/mol. The van der Waals surface area contributed by atoms with Crippen LogP contribution in [0.2, 0.25) is 0 Å². The Bertz CT molecular complexity index is 1120. The van der Waals surface area contributed by atoms with Gasteiger partial charge in [0.1, 0.15) is 11.6 Å². The van der Waals surface area contributed by atoms with Crippen LogP contribution in [-0.4, -0.2) is 46.2 Å². The molecule has 1 aromatic heterocycles. The second-order valence-electron chi connectivity index (χ2n) is 8.76. The molecule has 1 atom stereocenters. The fraction of sp³-hybridized carbons (Fsp3) is 0.500. The summed E-state index contributed by atoms with van der Waals surface area (Å²) >= 11 is 0. The molecule has 2 aliphatic heterocycles. The Kier molecular flexibility index (Phi) is 4.89. The zero-order valence-electron chi connectivity index (χ0n) is 17.3. The third kappa shape index (κ3) is 3.27. The van der Waals surface area contributed by atoms with Crippen molar-refractivity contribution in [3.63, 3.8) is 0 Å². The molecule has 0 radical (unpaired) electrons. The topological polar surface area (TPSA) is 110 Å². The minimum atomic E-state index is -3.57. The summed E-state index contributed by atoms with van der Waals surface area (Å²) in [5, 5.41) is 7.43. The number of rotatable bonds is 2. The van der Waals surface area contributed by atoms with Crippen molar-refractivity contribution in [2.75, 3.05) is 24.1 Å². The van der Waals surface area contributed by atoms with Crippen molar-refractivity contribution in [2.45, 2.75) is 50.8 Å². The van der Waals surface area contributed by atoms with Crippen LogP contribution in [0.15, 0.2) is 18.2 Å². The summed E-state index contributed by atoms with van der Waals surface area (Å²) in [6.45, 7) is 5.84. The van der Waals surface area contributed by atoms with E-state index in [4.69, 9.17) is 5.73 Å². The van der Waals surface area contributed by atoms with Crippen LogP contribution in [0.1, 0.15) is 54.7 Å². The number of carbonyl (C=O) groups is 1. The summed E-state index contributed by atoms with van der Waals surface area (Å²) in [5.74, 6) is -1.10. The average Bonchev–Trinajstić information content (AvgIpc) is 3.02. The van der Waals surface area contributed by atoms with E-state index >= 15 is 0 Å². The standard InChI is InChI=1S/C20H26FN5O3S/c1-20(2,3)30(28,29)25-9-7-14-17(11-25)26(24-18(14)22)19(27)13-6-8-23-16-5-4-12(21)10-15(13)16/h4-5,10,13,23H,6-9,11H2,1-3H3,(H2,22,24). The van der Waals surface area contributed by atoms with Crippen molar-refractivity contribution in [2.24, 2.45) is 0 Å². The van der Waals surface area contributed by atoms with Gasteiger partial charge in [-0.05, 0) is 57.4 Å². The lowest BCUT2D eigenvalue weighted by atomic mass is 9.90. The molecule has 0 fully saturated rings. The van der Waals surface area contributed by atoms with Gasteiger partial charge in [0.2, 0.25) is 10.0 Å². The van der Waals surface area contributed by atoms with Crippen molar-refractivity contribution in [3.8, 4) is 0 Å². The predicted octanol–water partition coefficient (Wildman–Crippen LogP) is 2.33. The van der Waals surface area contributed by atoms with Gasteiger partial charge >= 0.3 is 0 Å². The molecule has 4 rings (SSSR count). The Morgan fingerprint density at radius 2 is 2.07 bits per heavy atom. The summed E-state index contributed by atoms with van der Waals surface area (Å²) in [5.41, 5.74) is 8.55. The molecule has 0 saturated carbocycles. The predicted molar refractivity (Wildman–Crippen MR) is 112 cm³/mol. The number of fused-ring (bicyclic) bond motifs is 2. The summed E-state index contributed by atoms with van der Waals surface area (Å²) in [6, 6.07) is 4.33. The third-order valence-corrected chi connectivity index (χ3v) is 8.36. The molecule has 0 aliphatic carbocycles. The van der Waals surface area contributed by atoms with Crippen molar-refractivity contribution in [1.82, 2.24) is 14.1 Å². The number of carbonyl (C=O) groups excluding carboxylic acids is 1. The lowest BCUT2D eigenvalue weighted by Crippen LogP contribution is -2.45. The largest absolute Gasteiger partial charge is 0.385 e. The SMILES string of the molecule is CC(C)(C)S(=O)(=O)N1CCc2c(N)nn(C(=O)C3CCNc4ccc(F)cc43)c2C1. The molecule has 8 nitrogen and oxygen atoms in total. The lowest BCUT2D eigenvalue weighted by molar-refractivity contribution is 0.0850. The van der Waals surface area contributed by atoms with Crippen molar-refractivity contribution in [3.05, 3.63) is 40.8 Å². The Labute approximate surface area is 175 Å². The summed E-state index contributed by atoms with van der Waals surface area (Å²) in [6.07, 6.45) is 0.870. The number of hydrogen-bond donors (Lipinski definition) is 2. The Morgan fingerprint density at radius 3 is 2.77 bits per heavy atom. The number of halogens is 1. The molecular weight excluding hydrogens is 409 g/mol. The van der Waals surface area contributed by atoms with Gasteiger partial charge in [0, 0.05) is 24.3 Å². The van der Waals surface area contributed by atoms with E-state index < -0.39 is 26.5 Å². The van der Waals surface area contributed by atoms with Gasteiger partial charge in [0.15, 0.2) is 0 Å². The number of sulfonamides is 1. The highest BCUT2D eigenvalue weighted by molar-refractivity contribution is 7.90. The minimum absolute atomic E-state index is 0.0336. The van der Waals surface area contributed by atoms with Gasteiger partial charge in [-0.2, -0.15) is 4.31 Å². The van der Waals surface area contributed by atoms with Crippen LogP contribution in [0.4, 0.5) is 15.9 Å². The summed E-state index contributed by atoms with van der Waals surface area (Å²) < 4.78 is 41.4. The van der Waals surface area contributed by atoms with E-state index in [1.807, 2.05) is 0 Å². The van der Waals surface area contributed by atoms with E-state index in [1.54, 1.807) is 26.8 Å². The molecule has 0 bridgehead atoms. The van der Waals surface area contributed by atoms with Gasteiger partial charge in [0.25, 0.3) is 5.91 Å². The first-order valence-electron chi connectivity index (χ1n) is 9.94. The Hall–Kier alpha value is -2.46. The fourth-order valence-electron chi connectivity index (χ4n) is 4.09. The molecule has 1 unspecified atom stereocenters. The van der Waals surface area contributed by atoms with E-state index in [9.17, 15) is 17.6 Å². The first-order chi connectivity index (χ1) is 14.0. The molecule has 30 heavy (non-hydrogen) atoms. The fourth-order valence-corrected chi connectivity index (χ4v) is 5.49. The molecule has 162 valence electrons. The molecule has 2 aliphatic rings. The molecule has 1 aromatic carbocycles. The third-order valence-electron chi connectivity index (χ3n) is 5.82. The van der Waals surface area contributed by atoms with Crippen LogP contribution in [0.25, 0.3) is 0 Å². The quantitative estimate of drug-likeness (QED) is 0.749. The first kappa shape index (κ1) is 20.8. The molecule has 10 heteroatoms. The Morgan fingerprint density at radius 1 is 1.33 bits per heavy atom. The summed E-state index contributed by atoms with van der Waals surface area (Å²) in [7, 11) is -3.57. The monoisotopic (exact) mass is 435 g/mol. The van der Waals surface area contributed by atoms with Crippen LogP contribution in [0.3, 0.4) is 0 Å². The van der Waals surface area contributed by atoms with Crippen LogP contribution in [0, 0.1) is 5.82 Å². The van der Waals surface area contributed by atoms with E-state index in [1.165, 1.54) is 21.1 Å². The zero-order chi connectivity index (χ0) is 21.8. The molecule has 3 heterocycles. The number of hydrogen-bond acceptors (Lipinski definition) is 6. The van der Waals surface area contributed by atoms with Gasteiger partial charge in [-0.1, -0.05) is 0 Å². The minimum Gasteiger partial charge on any atom is -0.385 e. The van der Waals surface area contributed by atoms with Crippen LogP contribution in [0.5, 0.6) is 0 Å². The highest BCUT2D eigenvalue weighted by Gasteiger charge is 2.40. The molecular formula is C20H26FN5O3S. The molecule has 0 amide bonds. The van der Waals surface area contributed by atoms with E-state index in [2.05, 4.69) is 10.4 Å². The van der Waals surface area contributed by atoms with Gasteiger partial charge in [0.05, 0.1) is 22.9 Å². The van der Waals surface area contributed by atoms with Gasteiger partial charge < -0.3 is 11.1 Å². The molecule has 0 spiro atoms. The van der Waals surface area contributed by atoms with Gasteiger partial charge in [-0.25, -0.2) is 17.5 Å². The van der Waals surface area contributed by atoms with E-state index in [-0.39, 0.29) is 24.8 Å². The van der Waals surface area contributed by atoms with Crippen LogP contribution in [-0.2, 0) is 23.0 Å². The number of anilines is 2. The lowest BCUT2D eigenvalue weighted by Gasteiger charge is -2.33. The normalized spacial score (nSPS) is 19.7. The van der Waals surface area contributed by atoms with Crippen molar-refractivity contribution in [1.29, 1.82) is 0 Å². The maximum absolute atomic E-state index is 13.9. The number of aromatic nitrogens is 2. The molecule has 0 saturated heterocycles. The number of nitrogens with zero attached hydrogens (tertiary/aromatic N) is 3. The molecule has 3 N–H and O–H groups in total. The molecule has 2 aromatic rings. The van der Waals surface area contributed by atoms with E-state index in [0.29, 0.717) is 41.9 Å². The van der Waals surface area contributed by atoms with Gasteiger partial charge in [-0.15, -0.1) is 5.10 Å². The van der Waals surface area contributed by atoms with Crippen molar-refractivity contribution >= 4 is 27.4 Å². The second-order valence-corrected chi connectivity index (χ2v) is 11.5. The highest BCUT2D eigenvalue weighted by Crippen LogP contribution is 2.35. The summed E-state index contributed by atoms with van der Waals surface area (Å²) in [4.78, 5) is 13.4. The smallest absolute Gasteiger partial charge is 0.254 e. The maximum atomic E-state index is 13.9. The number of nitrogens with one attached hydrogen (secondary N) is 1. The number of nitrogen functional groups attached to an aromatic ring is 1. The number of benzene rings is 1. The Balaban J connectivity index is 1.72. The second kappa shape index (κ2) is 7.05. The maximum Gasteiger partial charge on any atom is 0.254 e. The van der Waals surface area contributed by atoms with E-state index in [0.717, 1.165) is 0 Å². The first-order valence-corrected chi connectivity index (χ1v) is 11.4. The number of nitrogens with two attached hydrogens (primary N) is 1.